The molecule has 1 saturated heterocycles. The fourth-order valence-electron chi connectivity index (χ4n) is 3.49. The lowest BCUT2D eigenvalue weighted by Gasteiger charge is -2.46. The van der Waals surface area contributed by atoms with Crippen molar-refractivity contribution in [2.75, 3.05) is 20.3 Å². The van der Waals surface area contributed by atoms with Crippen LogP contribution < -0.4 is 0 Å². The van der Waals surface area contributed by atoms with Crippen LogP contribution in [0.1, 0.15) is 13.3 Å². The third-order valence-corrected chi connectivity index (χ3v) is 5.02. The first-order valence-electron chi connectivity index (χ1n) is 8.13. The average Bonchev–Trinajstić information content (AvgIpc) is 2.57. The minimum atomic E-state index is -1.28. The van der Waals surface area contributed by atoms with E-state index in [2.05, 4.69) is 0 Å². The molecule has 0 radical (unpaired) electrons. The summed E-state index contributed by atoms with van der Waals surface area (Å²) in [5.41, 5.74) is 0. The van der Waals surface area contributed by atoms with Gasteiger partial charge in [-0.3, -0.25) is 0 Å². The summed E-state index contributed by atoms with van der Waals surface area (Å²) in [4.78, 5) is 0. The molecule has 5 unspecified atom stereocenters. The van der Waals surface area contributed by atoms with Crippen LogP contribution in [0, 0.1) is 5.92 Å². The molecule has 0 aromatic carbocycles. The van der Waals surface area contributed by atoms with Crippen LogP contribution in [0.4, 0.5) is 0 Å². The van der Waals surface area contributed by atoms with Gasteiger partial charge in [0.05, 0.1) is 24.9 Å². The maximum Gasteiger partial charge on any atom is 0.115 e. The van der Waals surface area contributed by atoms with E-state index in [1.54, 1.807) is 6.92 Å². The van der Waals surface area contributed by atoms with Crippen molar-refractivity contribution in [3.05, 3.63) is 0 Å². The maximum atomic E-state index is 10.4. The number of ether oxygens (including phenoxy) is 3. The monoisotopic (exact) mass is 352 g/mol. The molecule has 0 amide bonds. The van der Waals surface area contributed by atoms with E-state index in [0.29, 0.717) is 0 Å². The van der Waals surface area contributed by atoms with Crippen LogP contribution in [-0.4, -0.2) is 106 Å². The molecule has 1 heterocycles. The minimum absolute atomic E-state index is 0.133. The number of hydrogen-bond acceptors (Lipinski definition) is 9. The van der Waals surface area contributed by atoms with Crippen molar-refractivity contribution in [3.8, 4) is 0 Å². The van der Waals surface area contributed by atoms with Gasteiger partial charge in [-0.05, 0) is 13.3 Å². The Bertz CT molecular complexity index is 395. The van der Waals surface area contributed by atoms with E-state index in [4.69, 9.17) is 14.2 Å². The minimum Gasteiger partial charge on any atom is -0.396 e. The second-order valence-corrected chi connectivity index (χ2v) is 6.54. The van der Waals surface area contributed by atoms with Gasteiger partial charge < -0.3 is 44.8 Å². The van der Waals surface area contributed by atoms with Gasteiger partial charge in [-0.2, -0.15) is 0 Å². The van der Waals surface area contributed by atoms with E-state index >= 15 is 0 Å². The molecule has 2 rings (SSSR count). The number of aliphatic hydroxyl groups excluding tert-OH is 6. The Balaban J connectivity index is 2.14. The Morgan fingerprint density at radius 3 is 2.12 bits per heavy atom. The van der Waals surface area contributed by atoms with Gasteiger partial charge in [0.2, 0.25) is 0 Å². The van der Waals surface area contributed by atoms with Crippen LogP contribution in [0.3, 0.4) is 0 Å². The van der Waals surface area contributed by atoms with Crippen molar-refractivity contribution in [1.82, 2.24) is 0 Å². The SMILES string of the molecule is CO[C@@H]1C(O)[C@H](O[C@@H]2C(O)C(C)OC(CO)[C@H]2O)CC(CO)[C@H]1O. The zero-order valence-corrected chi connectivity index (χ0v) is 13.8. The van der Waals surface area contributed by atoms with Gasteiger partial charge in [-0.1, -0.05) is 0 Å². The maximum absolute atomic E-state index is 10.4. The van der Waals surface area contributed by atoms with E-state index in [-0.39, 0.29) is 13.0 Å². The standard InChI is InChI=1S/C15H28O9/c1-6-10(18)15(13(21)9(5-17)23-6)24-8-3-7(4-16)11(19)14(22-2)12(8)20/h6-21H,3-5H2,1-2H3/t6?,7?,8-,9?,10?,11-,12?,13-,14+,15-/m1/s1. The number of methoxy groups -OCH3 is 1. The Morgan fingerprint density at radius 1 is 0.917 bits per heavy atom. The highest BCUT2D eigenvalue weighted by Gasteiger charge is 2.49. The topological polar surface area (TPSA) is 149 Å². The average molecular weight is 352 g/mol. The lowest BCUT2D eigenvalue weighted by atomic mass is 9.80. The second-order valence-electron chi connectivity index (χ2n) is 6.54. The Kier molecular flexibility index (Phi) is 6.94. The van der Waals surface area contributed by atoms with E-state index < -0.39 is 67.5 Å². The molecule has 0 bridgehead atoms. The summed E-state index contributed by atoms with van der Waals surface area (Å²) in [5, 5.41) is 59.6. The third kappa shape index (κ3) is 3.74. The summed E-state index contributed by atoms with van der Waals surface area (Å²) in [6.07, 6.45) is -9.05. The van der Waals surface area contributed by atoms with Crippen molar-refractivity contribution in [1.29, 1.82) is 0 Å². The molecule has 1 aliphatic heterocycles. The van der Waals surface area contributed by atoms with Crippen LogP contribution in [0.2, 0.25) is 0 Å². The van der Waals surface area contributed by atoms with Crippen LogP contribution in [-0.2, 0) is 14.2 Å². The first kappa shape index (κ1) is 20.0. The highest BCUT2D eigenvalue weighted by Crippen LogP contribution is 2.32. The normalized spacial score (nSPS) is 50.0. The van der Waals surface area contributed by atoms with Gasteiger partial charge in [0.15, 0.2) is 0 Å². The largest absolute Gasteiger partial charge is 0.396 e. The number of aliphatic hydroxyl groups is 6. The molecule has 0 spiro atoms. The molecule has 0 aromatic rings. The lowest BCUT2D eigenvalue weighted by Crippen LogP contribution is -2.62. The molecule has 1 saturated carbocycles. The Labute approximate surface area is 140 Å². The van der Waals surface area contributed by atoms with Crippen molar-refractivity contribution in [2.45, 2.75) is 68.3 Å². The molecule has 2 aliphatic rings. The summed E-state index contributed by atoms with van der Waals surface area (Å²) in [6.45, 7) is 0.831. The van der Waals surface area contributed by atoms with Crippen molar-refractivity contribution >= 4 is 0 Å². The van der Waals surface area contributed by atoms with Gasteiger partial charge in [-0.25, -0.2) is 0 Å². The van der Waals surface area contributed by atoms with Crippen molar-refractivity contribution in [2.24, 2.45) is 5.92 Å². The Hall–Kier alpha value is -0.360. The molecule has 142 valence electrons. The predicted molar refractivity (Wildman–Crippen MR) is 80.1 cm³/mol. The van der Waals surface area contributed by atoms with E-state index in [9.17, 15) is 30.6 Å². The summed E-state index contributed by atoms with van der Waals surface area (Å²) < 4.78 is 16.2. The molecule has 0 aromatic heterocycles. The summed E-state index contributed by atoms with van der Waals surface area (Å²) in [7, 11) is 1.33. The molecule has 9 nitrogen and oxygen atoms in total. The molecular formula is C15H28O9. The third-order valence-electron chi connectivity index (χ3n) is 5.02. The molecular weight excluding hydrogens is 324 g/mol. The second kappa shape index (κ2) is 8.35. The van der Waals surface area contributed by atoms with Crippen molar-refractivity contribution < 1.29 is 44.8 Å². The quantitative estimate of drug-likeness (QED) is 0.304. The van der Waals surface area contributed by atoms with E-state index in [1.165, 1.54) is 7.11 Å². The molecule has 2 fully saturated rings. The summed E-state index contributed by atoms with van der Waals surface area (Å²) >= 11 is 0. The van der Waals surface area contributed by atoms with Crippen LogP contribution in [0.5, 0.6) is 0 Å². The zero-order valence-electron chi connectivity index (χ0n) is 13.8. The molecule has 1 aliphatic carbocycles. The predicted octanol–water partition coefficient (Wildman–Crippen LogP) is -3.01. The van der Waals surface area contributed by atoms with Crippen LogP contribution in [0.15, 0.2) is 0 Å². The molecule has 10 atom stereocenters. The zero-order chi connectivity index (χ0) is 18.0. The van der Waals surface area contributed by atoms with Crippen LogP contribution >= 0.6 is 0 Å². The van der Waals surface area contributed by atoms with E-state index in [1.807, 2.05) is 0 Å². The first-order chi connectivity index (χ1) is 11.3. The summed E-state index contributed by atoms with van der Waals surface area (Å²) in [5.74, 6) is -0.566. The molecule has 24 heavy (non-hydrogen) atoms. The summed E-state index contributed by atoms with van der Waals surface area (Å²) in [6, 6.07) is 0. The van der Waals surface area contributed by atoms with Gasteiger partial charge in [0.1, 0.15) is 36.6 Å². The molecule has 9 heteroatoms. The van der Waals surface area contributed by atoms with E-state index in [0.717, 1.165) is 0 Å². The van der Waals surface area contributed by atoms with Gasteiger partial charge in [-0.15, -0.1) is 0 Å². The lowest BCUT2D eigenvalue weighted by molar-refractivity contribution is -0.270. The number of hydrogen-bond donors (Lipinski definition) is 6. The van der Waals surface area contributed by atoms with Gasteiger partial charge in [0.25, 0.3) is 0 Å². The fraction of sp³-hybridized carbons (Fsp3) is 1.00. The van der Waals surface area contributed by atoms with Gasteiger partial charge >= 0.3 is 0 Å². The Morgan fingerprint density at radius 2 is 1.58 bits per heavy atom. The number of rotatable bonds is 5. The van der Waals surface area contributed by atoms with Crippen molar-refractivity contribution in [3.63, 3.8) is 0 Å². The highest BCUT2D eigenvalue weighted by molar-refractivity contribution is 4.97. The van der Waals surface area contributed by atoms with Crippen LogP contribution in [0.25, 0.3) is 0 Å². The first-order valence-corrected chi connectivity index (χ1v) is 8.13. The smallest absolute Gasteiger partial charge is 0.115 e. The van der Waals surface area contributed by atoms with Gasteiger partial charge in [0, 0.05) is 19.6 Å². The highest BCUT2D eigenvalue weighted by atomic mass is 16.6. The molecule has 6 N–H and O–H groups in total. The fourth-order valence-corrected chi connectivity index (χ4v) is 3.49.